The largest absolute Gasteiger partial charge is 0.478 e. The molecule has 0 saturated heterocycles. The third-order valence-corrected chi connectivity index (χ3v) is 3.76. The fourth-order valence-electron chi connectivity index (χ4n) is 2.72. The van der Waals surface area contributed by atoms with Gasteiger partial charge in [0.2, 0.25) is 11.7 Å². The van der Waals surface area contributed by atoms with Gasteiger partial charge in [-0.05, 0) is 26.8 Å². The van der Waals surface area contributed by atoms with Crippen LogP contribution < -0.4 is 10.6 Å². The Morgan fingerprint density at radius 1 is 1.29 bits per heavy atom. The summed E-state index contributed by atoms with van der Waals surface area (Å²) in [4.78, 5) is 35.3. The van der Waals surface area contributed by atoms with E-state index in [-0.39, 0.29) is 0 Å². The SMILES string of the molecule is CO[C@@H]([C@@H]1OC(C(=O)O)=C[C@H](NC(=O)OC(C)(C)C)[C@H]1NC(C)=O)[C@H](O)CO. The van der Waals surface area contributed by atoms with Crippen molar-refractivity contribution in [2.75, 3.05) is 13.7 Å². The van der Waals surface area contributed by atoms with Crippen LogP contribution in [0, 0.1) is 0 Å². The summed E-state index contributed by atoms with van der Waals surface area (Å²) in [5, 5.41) is 33.7. The van der Waals surface area contributed by atoms with Crippen LogP contribution >= 0.6 is 0 Å². The molecular weight excluding hydrogens is 376 g/mol. The maximum atomic E-state index is 12.2. The van der Waals surface area contributed by atoms with Crippen LogP contribution in [0.3, 0.4) is 0 Å². The van der Waals surface area contributed by atoms with Crippen LogP contribution in [0.2, 0.25) is 0 Å². The van der Waals surface area contributed by atoms with Crippen molar-refractivity contribution in [1.29, 1.82) is 0 Å². The van der Waals surface area contributed by atoms with Gasteiger partial charge in [0.15, 0.2) is 6.10 Å². The first-order valence-corrected chi connectivity index (χ1v) is 8.59. The number of amides is 2. The molecule has 0 aromatic rings. The zero-order chi connectivity index (χ0) is 21.6. The molecule has 0 spiro atoms. The van der Waals surface area contributed by atoms with E-state index in [0.717, 1.165) is 6.08 Å². The van der Waals surface area contributed by atoms with Gasteiger partial charge in [-0.25, -0.2) is 9.59 Å². The first-order valence-electron chi connectivity index (χ1n) is 8.59. The van der Waals surface area contributed by atoms with Crippen molar-refractivity contribution in [2.45, 2.75) is 63.7 Å². The smallest absolute Gasteiger partial charge is 0.408 e. The van der Waals surface area contributed by atoms with E-state index in [1.165, 1.54) is 14.0 Å². The third-order valence-electron chi connectivity index (χ3n) is 3.76. The van der Waals surface area contributed by atoms with Crippen LogP contribution in [-0.2, 0) is 23.8 Å². The second-order valence-electron chi connectivity index (χ2n) is 7.27. The first-order chi connectivity index (χ1) is 12.9. The number of aliphatic hydroxyl groups excluding tert-OH is 2. The highest BCUT2D eigenvalue weighted by Gasteiger charge is 2.45. The van der Waals surface area contributed by atoms with E-state index >= 15 is 0 Å². The van der Waals surface area contributed by atoms with Crippen LogP contribution in [0.4, 0.5) is 4.79 Å². The van der Waals surface area contributed by atoms with Crippen LogP contribution in [-0.4, -0.2) is 83.0 Å². The second-order valence-corrected chi connectivity index (χ2v) is 7.27. The molecule has 0 saturated carbocycles. The number of hydrogen-bond acceptors (Lipinski definition) is 8. The lowest BCUT2D eigenvalue weighted by Crippen LogP contribution is -2.64. The number of carboxylic acids is 1. The summed E-state index contributed by atoms with van der Waals surface area (Å²) >= 11 is 0. The van der Waals surface area contributed by atoms with Crippen LogP contribution in [0.5, 0.6) is 0 Å². The zero-order valence-corrected chi connectivity index (χ0v) is 16.5. The van der Waals surface area contributed by atoms with Crippen LogP contribution in [0.15, 0.2) is 11.8 Å². The number of aliphatic hydroxyl groups is 2. The Morgan fingerprint density at radius 2 is 1.89 bits per heavy atom. The summed E-state index contributed by atoms with van der Waals surface area (Å²) in [7, 11) is 1.23. The Kier molecular flexibility index (Phi) is 8.21. The molecule has 1 rings (SSSR count). The van der Waals surface area contributed by atoms with E-state index in [2.05, 4.69) is 10.6 Å². The Morgan fingerprint density at radius 3 is 2.32 bits per heavy atom. The summed E-state index contributed by atoms with van der Waals surface area (Å²) in [6.45, 7) is 5.50. The molecule has 11 nitrogen and oxygen atoms in total. The van der Waals surface area contributed by atoms with E-state index in [1.807, 2.05) is 0 Å². The zero-order valence-electron chi connectivity index (χ0n) is 16.5. The summed E-state index contributed by atoms with van der Waals surface area (Å²) in [6.07, 6.45) is -3.59. The topological polar surface area (TPSA) is 164 Å². The van der Waals surface area contributed by atoms with Crippen molar-refractivity contribution in [3.05, 3.63) is 11.8 Å². The molecule has 1 aliphatic rings. The second kappa shape index (κ2) is 9.71. The van der Waals surface area contributed by atoms with E-state index in [4.69, 9.17) is 14.2 Å². The summed E-state index contributed by atoms with van der Waals surface area (Å²) < 4.78 is 15.8. The lowest BCUT2D eigenvalue weighted by Gasteiger charge is -2.41. The molecule has 5 atom stereocenters. The van der Waals surface area contributed by atoms with E-state index < -0.39 is 66.3 Å². The highest BCUT2D eigenvalue weighted by molar-refractivity contribution is 5.85. The Hall–Kier alpha value is -2.37. The molecule has 28 heavy (non-hydrogen) atoms. The Labute approximate surface area is 162 Å². The molecule has 0 aromatic carbocycles. The molecule has 1 aliphatic heterocycles. The maximum Gasteiger partial charge on any atom is 0.408 e. The third kappa shape index (κ3) is 6.66. The molecule has 2 amide bonds. The van der Waals surface area contributed by atoms with Gasteiger partial charge in [0.25, 0.3) is 0 Å². The summed E-state index contributed by atoms with van der Waals surface area (Å²) in [5.41, 5.74) is -0.806. The van der Waals surface area contributed by atoms with E-state index in [0.29, 0.717) is 0 Å². The molecule has 5 N–H and O–H groups in total. The quantitative estimate of drug-likeness (QED) is 0.362. The minimum Gasteiger partial charge on any atom is -0.478 e. The molecule has 0 radical (unpaired) electrons. The number of methoxy groups -OCH3 is 1. The lowest BCUT2D eigenvalue weighted by atomic mass is 9.92. The predicted molar refractivity (Wildman–Crippen MR) is 95.2 cm³/mol. The van der Waals surface area contributed by atoms with Gasteiger partial charge in [-0.2, -0.15) is 0 Å². The van der Waals surface area contributed by atoms with Gasteiger partial charge in [-0.3, -0.25) is 4.79 Å². The molecule has 0 aromatic heterocycles. The van der Waals surface area contributed by atoms with Crippen LogP contribution in [0.25, 0.3) is 0 Å². The molecule has 160 valence electrons. The molecule has 0 aliphatic carbocycles. The van der Waals surface area contributed by atoms with E-state index in [9.17, 15) is 29.7 Å². The minimum absolute atomic E-state index is 0.491. The fraction of sp³-hybridized carbons (Fsp3) is 0.706. The highest BCUT2D eigenvalue weighted by atomic mass is 16.6. The standard InChI is InChI=1S/C17H28N2O9/c1-8(21)18-12-9(19-16(25)28-17(2,3)4)6-11(15(23)24)27-14(12)13(26-5)10(22)7-20/h6,9-10,12-14,20,22H,7H2,1-5H3,(H,18,21)(H,19,25)(H,23,24)/t9-,10+,12+,13+,14+/m0/s1. The summed E-state index contributed by atoms with van der Waals surface area (Å²) in [5.74, 6) is -2.43. The number of carboxylic acid groups (broad SMARTS) is 1. The van der Waals surface area contributed by atoms with Crippen molar-refractivity contribution in [2.24, 2.45) is 0 Å². The first kappa shape index (κ1) is 23.7. The molecule has 0 unspecified atom stereocenters. The van der Waals surface area contributed by atoms with E-state index in [1.54, 1.807) is 20.8 Å². The van der Waals surface area contributed by atoms with Gasteiger partial charge in [0.1, 0.15) is 17.8 Å². The monoisotopic (exact) mass is 404 g/mol. The Balaban J connectivity index is 3.29. The molecule has 1 heterocycles. The number of aliphatic carboxylic acids is 1. The number of carbonyl (C=O) groups is 3. The lowest BCUT2D eigenvalue weighted by molar-refractivity contribution is -0.149. The normalized spacial score (nSPS) is 24.2. The molecule has 11 heteroatoms. The number of carbonyl (C=O) groups excluding carboxylic acids is 2. The highest BCUT2D eigenvalue weighted by Crippen LogP contribution is 2.25. The number of alkyl carbamates (subject to hydrolysis) is 1. The minimum atomic E-state index is -1.43. The fourth-order valence-corrected chi connectivity index (χ4v) is 2.72. The average molecular weight is 404 g/mol. The number of hydrogen-bond donors (Lipinski definition) is 5. The Bertz CT molecular complexity index is 614. The van der Waals surface area contributed by atoms with Gasteiger partial charge in [-0.15, -0.1) is 0 Å². The van der Waals surface area contributed by atoms with Gasteiger partial charge >= 0.3 is 12.1 Å². The van der Waals surface area contributed by atoms with Gasteiger partial charge in [-0.1, -0.05) is 0 Å². The van der Waals surface area contributed by atoms with Crippen molar-refractivity contribution in [3.8, 4) is 0 Å². The van der Waals surface area contributed by atoms with Crippen LogP contribution in [0.1, 0.15) is 27.7 Å². The molecule has 0 bridgehead atoms. The molecular formula is C17H28N2O9. The van der Waals surface area contributed by atoms with Crippen molar-refractivity contribution in [3.63, 3.8) is 0 Å². The number of ether oxygens (including phenoxy) is 3. The predicted octanol–water partition coefficient (Wildman–Crippen LogP) is -0.880. The van der Waals surface area contributed by atoms with Gasteiger partial charge in [0.05, 0.1) is 18.7 Å². The van der Waals surface area contributed by atoms with Crippen molar-refractivity contribution < 1.29 is 43.9 Å². The number of rotatable bonds is 7. The number of nitrogens with one attached hydrogen (secondary N) is 2. The van der Waals surface area contributed by atoms with Gasteiger partial charge in [0, 0.05) is 14.0 Å². The van der Waals surface area contributed by atoms with Crippen molar-refractivity contribution in [1.82, 2.24) is 10.6 Å². The van der Waals surface area contributed by atoms with Gasteiger partial charge < -0.3 is 40.2 Å². The summed E-state index contributed by atoms with van der Waals surface area (Å²) in [6, 6.07) is -2.06. The maximum absolute atomic E-state index is 12.2. The van der Waals surface area contributed by atoms with Crippen molar-refractivity contribution >= 4 is 18.0 Å². The molecule has 0 fully saturated rings. The average Bonchev–Trinajstić information content (AvgIpc) is 2.55.